The van der Waals surface area contributed by atoms with Gasteiger partial charge in [-0.05, 0) is 41.9 Å². The van der Waals surface area contributed by atoms with Crippen molar-refractivity contribution in [2.45, 2.75) is 26.0 Å². The van der Waals surface area contributed by atoms with Crippen molar-refractivity contribution >= 4 is 21.6 Å². The van der Waals surface area contributed by atoms with Crippen molar-refractivity contribution in [1.82, 2.24) is 4.90 Å². The molecule has 1 unspecified atom stereocenters. The first-order chi connectivity index (χ1) is 9.60. The lowest BCUT2D eigenvalue weighted by Crippen LogP contribution is -2.48. The number of methoxy groups -OCH3 is 1. The van der Waals surface area contributed by atoms with Crippen LogP contribution < -0.4 is 10.1 Å². The summed E-state index contributed by atoms with van der Waals surface area (Å²) < 4.78 is 12.1. The van der Waals surface area contributed by atoms with E-state index in [0.29, 0.717) is 6.04 Å². The molecule has 4 nitrogen and oxygen atoms in total. The van der Waals surface area contributed by atoms with Crippen LogP contribution in [0.25, 0.3) is 0 Å². The highest BCUT2D eigenvalue weighted by molar-refractivity contribution is 9.10. The van der Waals surface area contributed by atoms with Gasteiger partial charge in [0.25, 0.3) is 0 Å². The predicted molar refractivity (Wildman–Crippen MR) is 85.6 cm³/mol. The van der Waals surface area contributed by atoms with Crippen LogP contribution in [-0.2, 0) is 4.74 Å². The summed E-state index contributed by atoms with van der Waals surface area (Å²) in [5.41, 5.74) is 1.04. The van der Waals surface area contributed by atoms with Crippen molar-refractivity contribution in [3.8, 4) is 5.75 Å². The van der Waals surface area contributed by atoms with E-state index in [9.17, 15) is 0 Å². The minimum absolute atomic E-state index is 0.226. The summed E-state index contributed by atoms with van der Waals surface area (Å²) in [5.74, 6) is 0.851. The summed E-state index contributed by atoms with van der Waals surface area (Å²) in [4.78, 5) is 2.45. The molecule has 1 aromatic carbocycles. The van der Waals surface area contributed by atoms with Gasteiger partial charge in [0, 0.05) is 36.2 Å². The summed E-state index contributed by atoms with van der Waals surface area (Å²) in [7, 11) is 1.68. The standard InChI is InChI=1S/C15H23BrN2O2/c1-11(2)18-6-7-20-13(10-18)9-17-15-8-12(19-3)4-5-14(15)16/h4-5,8,11,13,17H,6-7,9-10H2,1-3H3. The molecule has 0 saturated carbocycles. The van der Waals surface area contributed by atoms with E-state index in [2.05, 4.69) is 40.0 Å². The molecule has 0 bridgehead atoms. The SMILES string of the molecule is COc1ccc(Br)c(NCC2CN(C(C)C)CCO2)c1. The van der Waals surface area contributed by atoms with Gasteiger partial charge in [-0.2, -0.15) is 0 Å². The molecule has 112 valence electrons. The topological polar surface area (TPSA) is 33.7 Å². The third kappa shape index (κ3) is 4.11. The van der Waals surface area contributed by atoms with Crippen LogP contribution in [0, 0.1) is 0 Å². The zero-order valence-electron chi connectivity index (χ0n) is 12.4. The number of nitrogens with zero attached hydrogens (tertiary/aromatic N) is 1. The fourth-order valence-electron chi connectivity index (χ4n) is 2.33. The third-order valence-electron chi connectivity index (χ3n) is 3.59. The van der Waals surface area contributed by atoms with Gasteiger partial charge in [0.15, 0.2) is 0 Å². The molecule has 2 rings (SSSR count). The fraction of sp³-hybridized carbons (Fsp3) is 0.600. The first kappa shape index (κ1) is 15.6. The molecule has 0 spiro atoms. The Morgan fingerprint density at radius 3 is 3.00 bits per heavy atom. The molecule has 1 heterocycles. The van der Waals surface area contributed by atoms with Gasteiger partial charge in [-0.15, -0.1) is 0 Å². The molecule has 1 aliphatic rings. The van der Waals surface area contributed by atoms with Gasteiger partial charge < -0.3 is 14.8 Å². The minimum atomic E-state index is 0.226. The molecular formula is C15H23BrN2O2. The van der Waals surface area contributed by atoms with Gasteiger partial charge in [0.2, 0.25) is 0 Å². The van der Waals surface area contributed by atoms with E-state index in [1.54, 1.807) is 7.11 Å². The van der Waals surface area contributed by atoms with Crippen molar-refractivity contribution in [3.05, 3.63) is 22.7 Å². The number of nitrogens with one attached hydrogen (secondary N) is 1. The van der Waals surface area contributed by atoms with Gasteiger partial charge in [0.1, 0.15) is 5.75 Å². The second kappa shape index (κ2) is 7.29. The average molecular weight is 343 g/mol. The summed E-state index contributed by atoms with van der Waals surface area (Å²) in [6.07, 6.45) is 0.226. The molecule has 0 radical (unpaired) electrons. The average Bonchev–Trinajstić information content (AvgIpc) is 2.46. The molecule has 1 fully saturated rings. The number of halogens is 1. The lowest BCUT2D eigenvalue weighted by Gasteiger charge is -2.35. The zero-order chi connectivity index (χ0) is 14.5. The maximum absolute atomic E-state index is 5.83. The Hall–Kier alpha value is -0.780. The molecular weight excluding hydrogens is 320 g/mol. The molecule has 0 amide bonds. The smallest absolute Gasteiger partial charge is 0.121 e. The second-order valence-electron chi connectivity index (χ2n) is 5.31. The Morgan fingerprint density at radius 1 is 1.50 bits per heavy atom. The van der Waals surface area contributed by atoms with Crippen molar-refractivity contribution in [3.63, 3.8) is 0 Å². The Kier molecular flexibility index (Phi) is 5.69. The number of rotatable bonds is 5. The molecule has 20 heavy (non-hydrogen) atoms. The molecule has 0 aromatic heterocycles. The van der Waals surface area contributed by atoms with Gasteiger partial charge in [-0.1, -0.05) is 0 Å². The second-order valence-corrected chi connectivity index (χ2v) is 6.16. The number of morpholine rings is 1. The maximum atomic E-state index is 5.83. The Labute approximate surface area is 129 Å². The first-order valence-electron chi connectivity index (χ1n) is 7.03. The first-order valence-corrected chi connectivity index (χ1v) is 7.82. The third-order valence-corrected chi connectivity index (χ3v) is 4.29. The number of benzene rings is 1. The molecule has 1 atom stereocenters. The quantitative estimate of drug-likeness (QED) is 0.891. The van der Waals surface area contributed by atoms with Crippen LogP contribution in [0.4, 0.5) is 5.69 Å². The van der Waals surface area contributed by atoms with E-state index in [-0.39, 0.29) is 6.10 Å². The zero-order valence-corrected chi connectivity index (χ0v) is 13.9. The Bertz CT molecular complexity index is 440. The van der Waals surface area contributed by atoms with Crippen LogP contribution in [0.5, 0.6) is 5.75 Å². The van der Waals surface area contributed by atoms with E-state index < -0.39 is 0 Å². The van der Waals surface area contributed by atoms with E-state index in [0.717, 1.165) is 42.2 Å². The van der Waals surface area contributed by atoms with E-state index in [1.165, 1.54) is 0 Å². The van der Waals surface area contributed by atoms with Crippen LogP contribution in [0.15, 0.2) is 22.7 Å². The number of anilines is 1. The highest BCUT2D eigenvalue weighted by Crippen LogP contribution is 2.27. The van der Waals surface area contributed by atoms with Gasteiger partial charge in [-0.3, -0.25) is 4.90 Å². The lowest BCUT2D eigenvalue weighted by molar-refractivity contribution is -0.0315. The van der Waals surface area contributed by atoms with E-state index in [4.69, 9.17) is 9.47 Å². The highest BCUT2D eigenvalue weighted by atomic mass is 79.9. The molecule has 1 saturated heterocycles. The fourth-order valence-corrected chi connectivity index (χ4v) is 2.71. The number of ether oxygens (including phenoxy) is 2. The molecule has 5 heteroatoms. The summed E-state index contributed by atoms with van der Waals surface area (Å²) in [6.45, 7) is 8.07. The summed E-state index contributed by atoms with van der Waals surface area (Å²) >= 11 is 3.55. The van der Waals surface area contributed by atoms with Crippen LogP contribution >= 0.6 is 15.9 Å². The highest BCUT2D eigenvalue weighted by Gasteiger charge is 2.22. The maximum Gasteiger partial charge on any atom is 0.121 e. The van der Waals surface area contributed by atoms with E-state index in [1.807, 2.05) is 18.2 Å². The van der Waals surface area contributed by atoms with Crippen LogP contribution in [-0.4, -0.2) is 50.4 Å². The number of hydrogen-bond donors (Lipinski definition) is 1. The van der Waals surface area contributed by atoms with Gasteiger partial charge in [0.05, 0.1) is 25.5 Å². The van der Waals surface area contributed by atoms with Crippen molar-refractivity contribution in [2.75, 3.05) is 38.7 Å². The Balaban J connectivity index is 1.91. The molecule has 1 aromatic rings. The monoisotopic (exact) mass is 342 g/mol. The van der Waals surface area contributed by atoms with E-state index >= 15 is 0 Å². The lowest BCUT2D eigenvalue weighted by atomic mass is 10.2. The van der Waals surface area contributed by atoms with Crippen molar-refractivity contribution < 1.29 is 9.47 Å². The van der Waals surface area contributed by atoms with Crippen LogP contribution in [0.3, 0.4) is 0 Å². The molecule has 1 aliphatic heterocycles. The van der Waals surface area contributed by atoms with Crippen molar-refractivity contribution in [2.24, 2.45) is 0 Å². The van der Waals surface area contributed by atoms with Crippen LogP contribution in [0.2, 0.25) is 0 Å². The van der Waals surface area contributed by atoms with Crippen LogP contribution in [0.1, 0.15) is 13.8 Å². The number of hydrogen-bond acceptors (Lipinski definition) is 4. The normalized spacial score (nSPS) is 20.1. The minimum Gasteiger partial charge on any atom is -0.497 e. The molecule has 1 N–H and O–H groups in total. The largest absolute Gasteiger partial charge is 0.497 e. The Morgan fingerprint density at radius 2 is 2.30 bits per heavy atom. The molecule has 0 aliphatic carbocycles. The van der Waals surface area contributed by atoms with Crippen molar-refractivity contribution in [1.29, 1.82) is 0 Å². The predicted octanol–water partition coefficient (Wildman–Crippen LogP) is 2.98. The summed E-state index contributed by atoms with van der Waals surface area (Å²) in [6, 6.07) is 6.49. The van der Waals surface area contributed by atoms with Gasteiger partial charge >= 0.3 is 0 Å². The summed E-state index contributed by atoms with van der Waals surface area (Å²) in [5, 5.41) is 3.44. The van der Waals surface area contributed by atoms with Gasteiger partial charge in [-0.25, -0.2) is 0 Å².